The number of unbranched alkanes of at least 4 members (excludes halogenated alkanes) is 9. The average molecular weight is 551 g/mol. The van der Waals surface area contributed by atoms with Crippen molar-refractivity contribution < 1.29 is 41.6 Å². The van der Waals surface area contributed by atoms with E-state index in [1.54, 1.807) is 0 Å². The first-order valence-corrected chi connectivity index (χ1v) is 15.3. The monoisotopic (exact) mass is 550 g/mol. The molecule has 0 aliphatic carbocycles. The van der Waals surface area contributed by atoms with Gasteiger partial charge in [-0.15, -0.1) is 0 Å². The number of carbonyl (C=O) groups is 1. The van der Waals surface area contributed by atoms with Crippen molar-refractivity contribution in [2.75, 3.05) is 39.5 Å². The van der Waals surface area contributed by atoms with Gasteiger partial charge < -0.3 is 28.4 Å². The molecule has 0 bridgehead atoms. The Morgan fingerprint density at radius 2 is 1.59 bits per heavy atom. The number of carbonyl (C=O) groups excluding carboxylic acids is 1. The van der Waals surface area contributed by atoms with Crippen LogP contribution in [0.5, 0.6) is 0 Å². The molecule has 4 atom stereocenters. The number of ether oxygens (including phenoxy) is 6. The van der Waals surface area contributed by atoms with Crippen LogP contribution in [0.2, 0.25) is 0 Å². The van der Waals surface area contributed by atoms with E-state index < -0.39 is 46.7 Å². The first kappa shape index (κ1) is 30.5. The van der Waals surface area contributed by atoms with Crippen molar-refractivity contribution >= 4 is 16.3 Å². The largest absolute Gasteiger partial charge is 0.446 e. The summed E-state index contributed by atoms with van der Waals surface area (Å²) >= 11 is 0. The molecule has 0 aromatic carbocycles. The van der Waals surface area contributed by atoms with Gasteiger partial charge in [0, 0.05) is 19.7 Å². The third-order valence-corrected chi connectivity index (χ3v) is 8.27. The summed E-state index contributed by atoms with van der Waals surface area (Å²) in [6.07, 6.45) is 9.03. The van der Waals surface area contributed by atoms with E-state index in [2.05, 4.69) is 6.92 Å². The molecule has 3 aliphatic rings. The van der Waals surface area contributed by atoms with Crippen LogP contribution in [0, 0.1) is 0 Å². The summed E-state index contributed by atoms with van der Waals surface area (Å²) in [5.41, 5.74) is 0. The molecule has 12 heteroatoms. The van der Waals surface area contributed by atoms with Crippen LogP contribution in [0.3, 0.4) is 0 Å². The van der Waals surface area contributed by atoms with Gasteiger partial charge >= 0.3 is 16.3 Å². The molecule has 1 N–H and O–H groups in total. The smallest absolute Gasteiger partial charge is 0.422 e. The standard InChI is InChI=1S/C25H46N2O9S/c1-4-5-6-7-8-9-10-11-12-13-16-32-21-20(34-23-22(21)35-25(2,3)36-23)19-33-24(28)26-37(29,30)27-14-17-31-18-15-27/h20-23H,4-19H2,1-3H3,(H,26,28)/t20-,21+,22-,23-/m1/s1. The zero-order valence-corrected chi connectivity index (χ0v) is 23.5. The highest BCUT2D eigenvalue weighted by Gasteiger charge is 2.55. The van der Waals surface area contributed by atoms with Gasteiger partial charge in [0.05, 0.1) is 13.2 Å². The van der Waals surface area contributed by atoms with Crippen molar-refractivity contribution in [3.63, 3.8) is 0 Å². The van der Waals surface area contributed by atoms with E-state index in [4.69, 9.17) is 28.4 Å². The molecule has 11 nitrogen and oxygen atoms in total. The lowest BCUT2D eigenvalue weighted by Crippen LogP contribution is -2.49. The lowest BCUT2D eigenvalue weighted by molar-refractivity contribution is -0.221. The summed E-state index contributed by atoms with van der Waals surface area (Å²) in [5, 5.41) is 0. The number of nitrogens with zero attached hydrogens (tertiary/aromatic N) is 1. The van der Waals surface area contributed by atoms with Crippen LogP contribution >= 0.6 is 0 Å². The molecule has 0 aromatic rings. The van der Waals surface area contributed by atoms with Crippen LogP contribution in [0.25, 0.3) is 0 Å². The second-order valence-corrected chi connectivity index (χ2v) is 12.0. The minimum absolute atomic E-state index is 0.178. The topological polar surface area (TPSA) is 122 Å². The van der Waals surface area contributed by atoms with Crippen molar-refractivity contribution in [3.05, 3.63) is 0 Å². The van der Waals surface area contributed by atoms with E-state index in [9.17, 15) is 13.2 Å². The lowest BCUT2D eigenvalue weighted by atomic mass is 10.1. The van der Waals surface area contributed by atoms with Crippen LogP contribution in [-0.4, -0.2) is 88.7 Å². The van der Waals surface area contributed by atoms with Crippen molar-refractivity contribution in [2.24, 2.45) is 0 Å². The third kappa shape index (κ3) is 9.90. The Labute approximate surface area is 222 Å². The predicted octanol–water partition coefficient (Wildman–Crippen LogP) is 3.47. The van der Waals surface area contributed by atoms with Gasteiger partial charge in [-0.1, -0.05) is 64.7 Å². The number of fused-ring (bicyclic) bond motifs is 1. The van der Waals surface area contributed by atoms with Crippen molar-refractivity contribution in [1.82, 2.24) is 9.03 Å². The quantitative estimate of drug-likeness (QED) is 0.288. The summed E-state index contributed by atoms with van der Waals surface area (Å²) in [6.45, 7) is 7.12. The molecule has 3 heterocycles. The maximum absolute atomic E-state index is 12.4. The minimum atomic E-state index is -4.00. The fourth-order valence-corrected chi connectivity index (χ4v) is 5.86. The number of hydrogen-bond acceptors (Lipinski definition) is 9. The Bertz CT molecular complexity index is 789. The van der Waals surface area contributed by atoms with E-state index in [0.29, 0.717) is 6.61 Å². The molecule has 0 saturated carbocycles. The van der Waals surface area contributed by atoms with Gasteiger partial charge in [0.2, 0.25) is 0 Å². The molecule has 0 spiro atoms. The van der Waals surface area contributed by atoms with Crippen molar-refractivity contribution in [3.8, 4) is 0 Å². The van der Waals surface area contributed by atoms with Crippen LogP contribution in [0.4, 0.5) is 4.79 Å². The zero-order chi connectivity index (χ0) is 26.7. The second kappa shape index (κ2) is 14.9. The molecule has 3 saturated heterocycles. The third-order valence-electron chi connectivity index (χ3n) is 6.80. The van der Waals surface area contributed by atoms with Gasteiger partial charge in [-0.2, -0.15) is 12.7 Å². The molecule has 3 aliphatic heterocycles. The molecular formula is C25H46N2O9S. The minimum Gasteiger partial charge on any atom is -0.446 e. The zero-order valence-electron chi connectivity index (χ0n) is 22.7. The maximum atomic E-state index is 12.4. The molecule has 216 valence electrons. The van der Waals surface area contributed by atoms with E-state index in [1.807, 2.05) is 18.6 Å². The van der Waals surface area contributed by atoms with E-state index in [0.717, 1.165) is 17.1 Å². The van der Waals surface area contributed by atoms with E-state index in [-0.39, 0.29) is 32.9 Å². The van der Waals surface area contributed by atoms with E-state index >= 15 is 0 Å². The molecule has 37 heavy (non-hydrogen) atoms. The van der Waals surface area contributed by atoms with Gasteiger partial charge in [0.25, 0.3) is 0 Å². The number of amides is 1. The van der Waals surface area contributed by atoms with Gasteiger partial charge in [0.1, 0.15) is 24.9 Å². The van der Waals surface area contributed by atoms with Crippen LogP contribution < -0.4 is 4.72 Å². The number of rotatable bonds is 16. The Morgan fingerprint density at radius 3 is 2.24 bits per heavy atom. The summed E-state index contributed by atoms with van der Waals surface area (Å²) < 4.78 is 62.1. The molecule has 0 aromatic heterocycles. The normalized spacial score (nSPS) is 27.8. The fourth-order valence-electron chi connectivity index (χ4n) is 4.84. The Kier molecular flexibility index (Phi) is 12.3. The molecule has 3 fully saturated rings. The summed E-state index contributed by atoms with van der Waals surface area (Å²) in [4.78, 5) is 12.2. The van der Waals surface area contributed by atoms with E-state index in [1.165, 1.54) is 51.4 Å². The molecule has 0 unspecified atom stereocenters. The van der Waals surface area contributed by atoms with Gasteiger partial charge in [-0.25, -0.2) is 9.52 Å². The fraction of sp³-hybridized carbons (Fsp3) is 0.960. The summed E-state index contributed by atoms with van der Waals surface area (Å²) in [6, 6.07) is 0. The SMILES string of the molecule is CCCCCCCCCCCCO[C@@H]1[C@H]2OC(C)(C)O[C@H]2O[C@@H]1COC(=O)NS(=O)(=O)N1CCOCC1. The Morgan fingerprint density at radius 1 is 0.973 bits per heavy atom. The highest BCUT2D eigenvalue weighted by molar-refractivity contribution is 7.87. The van der Waals surface area contributed by atoms with Crippen LogP contribution in [-0.2, 0) is 38.6 Å². The highest BCUT2D eigenvalue weighted by atomic mass is 32.2. The second-order valence-electron chi connectivity index (χ2n) is 10.4. The Hall–Kier alpha value is -1.02. The van der Waals surface area contributed by atoms with Gasteiger partial charge in [0.15, 0.2) is 12.1 Å². The highest BCUT2D eigenvalue weighted by Crippen LogP contribution is 2.39. The molecule has 0 radical (unpaired) electrons. The summed E-state index contributed by atoms with van der Waals surface area (Å²) in [5.74, 6) is -0.802. The predicted molar refractivity (Wildman–Crippen MR) is 136 cm³/mol. The van der Waals surface area contributed by atoms with Gasteiger partial charge in [-0.3, -0.25) is 0 Å². The number of hydrogen-bond donors (Lipinski definition) is 1. The van der Waals surface area contributed by atoms with Crippen molar-refractivity contribution in [2.45, 2.75) is 115 Å². The number of nitrogens with one attached hydrogen (secondary N) is 1. The van der Waals surface area contributed by atoms with Crippen LogP contribution in [0.1, 0.15) is 85.0 Å². The lowest BCUT2D eigenvalue weighted by Gasteiger charge is -2.27. The maximum Gasteiger partial charge on any atom is 0.422 e. The van der Waals surface area contributed by atoms with Crippen LogP contribution in [0.15, 0.2) is 0 Å². The molecular weight excluding hydrogens is 504 g/mol. The van der Waals surface area contributed by atoms with Crippen molar-refractivity contribution in [1.29, 1.82) is 0 Å². The summed E-state index contributed by atoms with van der Waals surface area (Å²) in [7, 11) is -4.00. The molecule has 1 amide bonds. The van der Waals surface area contributed by atoms with Gasteiger partial charge in [-0.05, 0) is 20.3 Å². The Balaban J connectivity index is 1.39. The average Bonchev–Trinajstić information content (AvgIpc) is 3.32. The first-order chi connectivity index (χ1) is 17.7. The first-order valence-electron chi connectivity index (χ1n) is 13.9. The number of morpholine rings is 1. The molecule has 3 rings (SSSR count).